The van der Waals surface area contributed by atoms with Gasteiger partial charge in [0.25, 0.3) is 0 Å². The van der Waals surface area contributed by atoms with Crippen molar-refractivity contribution in [3.8, 4) is 0 Å². The van der Waals surface area contributed by atoms with Crippen LogP contribution in [0.3, 0.4) is 0 Å². The van der Waals surface area contributed by atoms with E-state index in [1.165, 1.54) is 12.8 Å². The summed E-state index contributed by atoms with van der Waals surface area (Å²) in [6.45, 7) is 6.12. The number of ether oxygens (including phenoxy) is 1. The molecule has 2 aromatic carbocycles. The number of carbonyl (C=O) groups is 1. The summed E-state index contributed by atoms with van der Waals surface area (Å²) in [7, 11) is -5.72. The van der Waals surface area contributed by atoms with Crippen molar-refractivity contribution in [3.05, 3.63) is 60.7 Å². The predicted molar refractivity (Wildman–Crippen MR) is 171 cm³/mol. The van der Waals surface area contributed by atoms with E-state index >= 15 is 9.13 Å². The maximum atomic E-state index is 15.6. The SMILES string of the molecule is CC(C)(C)OC(=O)N1CC(P(=O)(C2CCCCC2)C2CCCCC2)CC1CP(=O)(c1ccccc1)c1ccccc1. The molecule has 0 aromatic heterocycles. The van der Waals surface area contributed by atoms with Crippen LogP contribution in [0.1, 0.15) is 91.4 Å². The minimum absolute atomic E-state index is 0.0498. The second-order valence-corrected chi connectivity index (χ2v) is 20.2. The van der Waals surface area contributed by atoms with Crippen molar-refractivity contribution in [1.29, 1.82) is 0 Å². The molecule has 2 saturated carbocycles. The lowest BCUT2D eigenvalue weighted by molar-refractivity contribution is 0.0241. The average Bonchev–Trinajstić information content (AvgIpc) is 3.42. The fraction of sp³-hybridized carbons (Fsp3) is 0.618. The van der Waals surface area contributed by atoms with Crippen LogP contribution in [-0.4, -0.2) is 52.3 Å². The van der Waals surface area contributed by atoms with E-state index in [4.69, 9.17) is 4.74 Å². The van der Waals surface area contributed by atoms with E-state index in [1.54, 1.807) is 0 Å². The van der Waals surface area contributed by atoms with Gasteiger partial charge in [-0.15, -0.1) is 0 Å². The van der Waals surface area contributed by atoms with Crippen LogP contribution in [0.15, 0.2) is 60.7 Å². The molecule has 0 bridgehead atoms. The van der Waals surface area contributed by atoms with Gasteiger partial charge in [-0.25, -0.2) is 4.79 Å². The van der Waals surface area contributed by atoms with E-state index in [9.17, 15) is 4.79 Å². The third kappa shape index (κ3) is 6.73. The molecule has 1 amide bonds. The van der Waals surface area contributed by atoms with Crippen molar-refractivity contribution >= 4 is 31.0 Å². The summed E-state index contributed by atoms with van der Waals surface area (Å²) >= 11 is 0. The van der Waals surface area contributed by atoms with Crippen molar-refractivity contribution in [1.82, 2.24) is 4.90 Å². The highest BCUT2D eigenvalue weighted by Gasteiger charge is 2.53. The summed E-state index contributed by atoms with van der Waals surface area (Å²) in [5.74, 6) is 0. The third-order valence-electron chi connectivity index (χ3n) is 9.70. The Hall–Kier alpha value is -1.83. The second kappa shape index (κ2) is 12.8. The Kier molecular flexibility index (Phi) is 9.57. The van der Waals surface area contributed by atoms with E-state index in [1.807, 2.05) is 86.3 Å². The number of hydrogen-bond donors (Lipinski definition) is 0. The summed E-state index contributed by atoms with van der Waals surface area (Å²) in [4.78, 5) is 15.6. The topological polar surface area (TPSA) is 63.7 Å². The molecule has 2 atom stereocenters. The van der Waals surface area contributed by atoms with Gasteiger partial charge in [-0.3, -0.25) is 0 Å². The number of likely N-dealkylation sites (tertiary alicyclic amines) is 1. The molecule has 2 aliphatic carbocycles. The molecule has 3 fully saturated rings. The number of carbonyl (C=O) groups excluding carboxylic acids is 1. The maximum Gasteiger partial charge on any atom is 0.410 e. The summed E-state index contributed by atoms with van der Waals surface area (Å²) in [5.41, 5.74) is -0.165. The Bertz CT molecular complexity index is 1180. The first-order valence-electron chi connectivity index (χ1n) is 15.9. The lowest BCUT2D eigenvalue weighted by Crippen LogP contribution is -2.42. The van der Waals surface area contributed by atoms with Gasteiger partial charge in [0.15, 0.2) is 0 Å². The van der Waals surface area contributed by atoms with Gasteiger partial charge in [-0.1, -0.05) is 99.2 Å². The Balaban J connectivity index is 1.53. The molecule has 3 aliphatic rings. The number of rotatable bonds is 7. The van der Waals surface area contributed by atoms with Gasteiger partial charge < -0.3 is 18.8 Å². The number of amides is 1. The van der Waals surface area contributed by atoms with Gasteiger partial charge >= 0.3 is 6.09 Å². The zero-order valence-electron chi connectivity index (χ0n) is 25.2. The highest BCUT2D eigenvalue weighted by Crippen LogP contribution is 2.68. The van der Waals surface area contributed by atoms with Crippen molar-refractivity contribution in [2.75, 3.05) is 12.7 Å². The minimum Gasteiger partial charge on any atom is -0.444 e. The van der Waals surface area contributed by atoms with Crippen LogP contribution in [0.4, 0.5) is 4.79 Å². The van der Waals surface area contributed by atoms with E-state index in [2.05, 4.69) is 0 Å². The molecule has 0 radical (unpaired) electrons. The van der Waals surface area contributed by atoms with Crippen molar-refractivity contribution in [2.24, 2.45) is 0 Å². The van der Waals surface area contributed by atoms with Gasteiger partial charge in [0.1, 0.15) is 12.7 Å². The zero-order chi connectivity index (χ0) is 29.1. The first-order valence-corrected chi connectivity index (χ1v) is 19.7. The molecule has 2 unspecified atom stereocenters. The number of benzene rings is 2. The minimum atomic E-state index is -3.08. The maximum absolute atomic E-state index is 15.6. The summed E-state index contributed by atoms with van der Waals surface area (Å²) in [5, 5.41) is 1.61. The average molecular weight is 598 g/mol. The Morgan fingerprint density at radius 1 is 0.756 bits per heavy atom. The van der Waals surface area contributed by atoms with Crippen LogP contribution in [0.25, 0.3) is 0 Å². The molecule has 1 heterocycles. The van der Waals surface area contributed by atoms with Gasteiger partial charge in [-0.2, -0.15) is 0 Å². The predicted octanol–water partition coefficient (Wildman–Crippen LogP) is 8.41. The van der Waals surface area contributed by atoms with E-state index in [0.717, 1.165) is 62.0 Å². The van der Waals surface area contributed by atoms with E-state index in [0.29, 0.717) is 19.1 Å². The molecule has 1 saturated heterocycles. The van der Waals surface area contributed by atoms with E-state index in [-0.39, 0.29) is 29.1 Å². The quantitative estimate of drug-likeness (QED) is 0.301. The molecular weight excluding hydrogens is 548 g/mol. The molecule has 7 heteroatoms. The van der Waals surface area contributed by atoms with Crippen molar-refractivity contribution in [3.63, 3.8) is 0 Å². The summed E-state index contributed by atoms with van der Waals surface area (Å²) in [6, 6.07) is 19.2. The highest BCUT2D eigenvalue weighted by atomic mass is 31.2. The molecule has 2 aromatic rings. The molecule has 1 aliphatic heterocycles. The van der Waals surface area contributed by atoms with Crippen LogP contribution in [0.2, 0.25) is 0 Å². The second-order valence-electron chi connectivity index (χ2n) is 13.6. The first kappa shape index (κ1) is 30.6. The number of hydrogen-bond acceptors (Lipinski definition) is 4. The fourth-order valence-electron chi connectivity index (χ4n) is 7.76. The standard InChI is InChI=1S/C34H49NO4P2/c1-34(2,3)39-33(36)35-25-32(41(38,30-20-12-6-13-21-30)31-22-14-7-15-23-31)24-27(35)26-40(37,28-16-8-4-9-17-28)29-18-10-5-11-19-29/h4-5,8-11,16-19,27,30-32H,6-7,12-15,20-26H2,1-3H3. The monoisotopic (exact) mass is 597 g/mol. The highest BCUT2D eigenvalue weighted by molar-refractivity contribution is 7.78. The Labute approximate surface area is 247 Å². The van der Waals surface area contributed by atoms with Crippen LogP contribution < -0.4 is 10.6 Å². The number of nitrogens with zero attached hydrogens (tertiary/aromatic N) is 1. The first-order chi connectivity index (χ1) is 19.6. The lowest BCUT2D eigenvalue weighted by atomic mass is 9.99. The summed E-state index contributed by atoms with van der Waals surface area (Å²) < 4.78 is 36.7. The normalized spacial score (nSPS) is 23.4. The van der Waals surface area contributed by atoms with Crippen molar-refractivity contribution in [2.45, 2.75) is 120 Å². The zero-order valence-corrected chi connectivity index (χ0v) is 27.0. The van der Waals surface area contributed by atoms with Gasteiger partial charge in [0.05, 0.1) is 7.14 Å². The fourth-order valence-corrected chi connectivity index (χ4v) is 15.9. The largest absolute Gasteiger partial charge is 0.444 e. The van der Waals surface area contributed by atoms with Gasteiger partial charge in [0, 0.05) is 46.3 Å². The lowest BCUT2D eigenvalue weighted by Gasteiger charge is -2.41. The van der Waals surface area contributed by atoms with Crippen LogP contribution in [0.5, 0.6) is 0 Å². The third-order valence-corrected chi connectivity index (χ3v) is 17.7. The Morgan fingerprint density at radius 2 is 1.22 bits per heavy atom. The van der Waals surface area contributed by atoms with E-state index < -0.39 is 19.9 Å². The smallest absolute Gasteiger partial charge is 0.410 e. The molecular formula is C34H49NO4P2. The molecule has 5 rings (SSSR count). The van der Waals surface area contributed by atoms with Crippen molar-refractivity contribution < 1.29 is 18.7 Å². The van der Waals surface area contributed by atoms with Gasteiger partial charge in [0.2, 0.25) is 0 Å². The molecule has 5 nitrogen and oxygen atoms in total. The Morgan fingerprint density at radius 3 is 1.66 bits per heavy atom. The van der Waals surface area contributed by atoms with Crippen LogP contribution >= 0.6 is 14.3 Å². The van der Waals surface area contributed by atoms with Gasteiger partial charge in [-0.05, 0) is 52.9 Å². The molecule has 224 valence electrons. The molecule has 0 spiro atoms. The van der Waals surface area contributed by atoms with Crippen LogP contribution in [0, 0.1) is 0 Å². The van der Waals surface area contributed by atoms with Crippen LogP contribution in [-0.2, 0) is 13.9 Å². The molecule has 0 N–H and O–H groups in total. The molecule has 41 heavy (non-hydrogen) atoms. The summed E-state index contributed by atoms with van der Waals surface area (Å²) in [6.07, 6.45) is 11.9.